The van der Waals surface area contributed by atoms with Crippen LogP contribution in [0.5, 0.6) is 0 Å². The first-order valence-electron chi connectivity index (χ1n) is 6.33. The van der Waals surface area contributed by atoms with Gasteiger partial charge in [-0.1, -0.05) is 40.9 Å². The SMILES string of the molecule is CC(C)n1ncc(Cl)c1C(N)Cc1c(Cl)cccc1Cl. The van der Waals surface area contributed by atoms with Crippen molar-refractivity contribution in [2.75, 3.05) is 0 Å². The number of aromatic nitrogens is 2. The number of nitrogens with zero attached hydrogens (tertiary/aromatic N) is 2. The fraction of sp³-hybridized carbons (Fsp3) is 0.357. The second-order valence-electron chi connectivity index (χ2n) is 4.93. The molecule has 1 atom stereocenters. The van der Waals surface area contributed by atoms with Crippen LogP contribution in [0.2, 0.25) is 15.1 Å². The Hall–Kier alpha value is -0.740. The van der Waals surface area contributed by atoms with Crippen molar-refractivity contribution in [3.05, 3.63) is 50.7 Å². The van der Waals surface area contributed by atoms with Gasteiger partial charge < -0.3 is 5.73 Å². The maximum Gasteiger partial charge on any atom is 0.0834 e. The van der Waals surface area contributed by atoms with Crippen LogP contribution in [-0.2, 0) is 6.42 Å². The van der Waals surface area contributed by atoms with Crippen molar-refractivity contribution in [2.45, 2.75) is 32.4 Å². The van der Waals surface area contributed by atoms with Crippen molar-refractivity contribution >= 4 is 34.8 Å². The van der Waals surface area contributed by atoms with Crippen LogP contribution >= 0.6 is 34.8 Å². The summed E-state index contributed by atoms with van der Waals surface area (Å²) >= 11 is 18.6. The van der Waals surface area contributed by atoms with Crippen molar-refractivity contribution in [1.29, 1.82) is 0 Å². The van der Waals surface area contributed by atoms with E-state index >= 15 is 0 Å². The summed E-state index contributed by atoms with van der Waals surface area (Å²) in [7, 11) is 0. The number of rotatable bonds is 4. The summed E-state index contributed by atoms with van der Waals surface area (Å²) in [5, 5.41) is 6.05. The fourth-order valence-electron chi connectivity index (χ4n) is 2.15. The van der Waals surface area contributed by atoms with Gasteiger partial charge in [0, 0.05) is 16.1 Å². The van der Waals surface area contributed by atoms with Crippen molar-refractivity contribution in [2.24, 2.45) is 5.73 Å². The standard InChI is InChI=1S/C14H16Cl3N3/c1-8(2)20-14(12(17)7-19-20)13(18)6-9-10(15)4-3-5-11(9)16/h3-5,7-8,13H,6,18H2,1-2H3. The molecule has 1 unspecified atom stereocenters. The van der Waals surface area contributed by atoms with E-state index in [0.29, 0.717) is 21.5 Å². The highest BCUT2D eigenvalue weighted by Crippen LogP contribution is 2.31. The van der Waals surface area contributed by atoms with Crippen LogP contribution in [-0.4, -0.2) is 9.78 Å². The van der Waals surface area contributed by atoms with Crippen LogP contribution in [0.25, 0.3) is 0 Å². The topological polar surface area (TPSA) is 43.8 Å². The van der Waals surface area contributed by atoms with Crippen LogP contribution in [0.1, 0.15) is 37.2 Å². The lowest BCUT2D eigenvalue weighted by atomic mass is 10.0. The van der Waals surface area contributed by atoms with Gasteiger partial charge in [-0.3, -0.25) is 4.68 Å². The van der Waals surface area contributed by atoms with Gasteiger partial charge in [0.2, 0.25) is 0 Å². The van der Waals surface area contributed by atoms with Crippen molar-refractivity contribution in [1.82, 2.24) is 9.78 Å². The highest BCUT2D eigenvalue weighted by Gasteiger charge is 2.20. The minimum Gasteiger partial charge on any atom is -0.322 e. The summed E-state index contributed by atoms with van der Waals surface area (Å²) in [5.41, 5.74) is 7.92. The van der Waals surface area contributed by atoms with E-state index in [-0.39, 0.29) is 12.1 Å². The summed E-state index contributed by atoms with van der Waals surface area (Å²) < 4.78 is 1.83. The Labute approximate surface area is 133 Å². The summed E-state index contributed by atoms with van der Waals surface area (Å²) in [4.78, 5) is 0. The molecule has 0 amide bonds. The summed E-state index contributed by atoms with van der Waals surface area (Å²) in [6, 6.07) is 5.29. The third-order valence-electron chi connectivity index (χ3n) is 3.11. The van der Waals surface area contributed by atoms with E-state index < -0.39 is 0 Å². The molecular weight excluding hydrogens is 317 g/mol. The fourth-order valence-corrected chi connectivity index (χ4v) is 2.98. The Morgan fingerprint density at radius 1 is 1.15 bits per heavy atom. The zero-order chi connectivity index (χ0) is 14.9. The van der Waals surface area contributed by atoms with Crippen LogP contribution in [0, 0.1) is 0 Å². The van der Waals surface area contributed by atoms with Crippen LogP contribution in [0.15, 0.2) is 24.4 Å². The molecule has 0 aliphatic heterocycles. The molecule has 2 rings (SSSR count). The minimum atomic E-state index is -0.315. The van der Waals surface area contributed by atoms with Crippen molar-refractivity contribution in [3.8, 4) is 0 Å². The average Bonchev–Trinajstić information content (AvgIpc) is 2.76. The average molecular weight is 333 g/mol. The Morgan fingerprint density at radius 2 is 1.75 bits per heavy atom. The molecular formula is C14H16Cl3N3. The number of hydrogen-bond acceptors (Lipinski definition) is 2. The maximum atomic E-state index is 6.29. The monoisotopic (exact) mass is 331 g/mol. The summed E-state index contributed by atoms with van der Waals surface area (Å²) in [6.07, 6.45) is 2.13. The number of halogens is 3. The Bertz CT molecular complexity index is 587. The Morgan fingerprint density at radius 3 is 2.30 bits per heavy atom. The number of benzene rings is 1. The molecule has 1 heterocycles. The third kappa shape index (κ3) is 3.12. The molecule has 0 saturated heterocycles. The molecule has 0 aliphatic rings. The molecule has 2 N–H and O–H groups in total. The first-order chi connectivity index (χ1) is 9.41. The van der Waals surface area contributed by atoms with Crippen LogP contribution < -0.4 is 5.73 Å². The van der Waals surface area contributed by atoms with Gasteiger partial charge in [-0.05, 0) is 38.0 Å². The minimum absolute atomic E-state index is 0.185. The third-order valence-corrected chi connectivity index (χ3v) is 4.11. The van der Waals surface area contributed by atoms with Crippen LogP contribution in [0.3, 0.4) is 0 Å². The molecule has 0 fully saturated rings. The molecule has 0 radical (unpaired) electrons. The molecule has 0 aliphatic carbocycles. The van der Waals surface area contributed by atoms with Gasteiger partial charge >= 0.3 is 0 Å². The van der Waals surface area contributed by atoms with E-state index in [1.54, 1.807) is 18.3 Å². The highest BCUT2D eigenvalue weighted by molar-refractivity contribution is 6.36. The smallest absolute Gasteiger partial charge is 0.0834 e. The lowest BCUT2D eigenvalue weighted by molar-refractivity contribution is 0.485. The molecule has 0 spiro atoms. The normalized spacial score (nSPS) is 12.9. The molecule has 1 aromatic carbocycles. The van der Waals surface area contributed by atoms with E-state index in [4.69, 9.17) is 40.5 Å². The molecule has 0 saturated carbocycles. The van der Waals surface area contributed by atoms with Gasteiger partial charge in [0.1, 0.15) is 0 Å². The molecule has 20 heavy (non-hydrogen) atoms. The quantitative estimate of drug-likeness (QED) is 0.884. The first-order valence-corrected chi connectivity index (χ1v) is 7.46. The maximum absolute atomic E-state index is 6.29. The summed E-state index contributed by atoms with van der Waals surface area (Å²) in [6.45, 7) is 4.06. The van der Waals surface area contributed by atoms with Crippen molar-refractivity contribution < 1.29 is 0 Å². The molecule has 3 nitrogen and oxygen atoms in total. The Kier molecular flexibility index (Phi) is 4.97. The highest BCUT2D eigenvalue weighted by atomic mass is 35.5. The van der Waals surface area contributed by atoms with Crippen LogP contribution in [0.4, 0.5) is 0 Å². The van der Waals surface area contributed by atoms with Gasteiger partial charge in [-0.25, -0.2) is 0 Å². The zero-order valence-electron chi connectivity index (χ0n) is 11.3. The van der Waals surface area contributed by atoms with Gasteiger partial charge in [0.05, 0.1) is 23.0 Å². The Balaban J connectivity index is 2.33. The predicted molar refractivity (Wildman–Crippen MR) is 84.7 cm³/mol. The molecule has 2 aromatic rings. The second-order valence-corrected chi connectivity index (χ2v) is 6.15. The molecule has 0 bridgehead atoms. The van der Waals surface area contributed by atoms with E-state index in [2.05, 4.69) is 5.10 Å². The lowest BCUT2D eigenvalue weighted by Crippen LogP contribution is -2.20. The first kappa shape index (κ1) is 15.6. The lowest BCUT2D eigenvalue weighted by Gasteiger charge is -2.18. The van der Waals surface area contributed by atoms with E-state index in [0.717, 1.165) is 11.3 Å². The zero-order valence-corrected chi connectivity index (χ0v) is 13.5. The molecule has 6 heteroatoms. The predicted octanol–water partition coefficient (Wildman–Crippen LogP) is 4.67. The van der Waals surface area contributed by atoms with E-state index in [1.807, 2.05) is 24.6 Å². The summed E-state index contributed by atoms with van der Waals surface area (Å²) in [5.74, 6) is 0. The van der Waals surface area contributed by atoms with Gasteiger partial charge in [0.25, 0.3) is 0 Å². The van der Waals surface area contributed by atoms with Gasteiger partial charge in [-0.2, -0.15) is 5.10 Å². The van der Waals surface area contributed by atoms with Gasteiger partial charge in [-0.15, -0.1) is 0 Å². The van der Waals surface area contributed by atoms with E-state index in [1.165, 1.54) is 0 Å². The molecule has 1 aromatic heterocycles. The van der Waals surface area contributed by atoms with E-state index in [9.17, 15) is 0 Å². The van der Waals surface area contributed by atoms with Crippen molar-refractivity contribution in [3.63, 3.8) is 0 Å². The second kappa shape index (κ2) is 6.35. The van der Waals surface area contributed by atoms with Gasteiger partial charge in [0.15, 0.2) is 0 Å². The number of nitrogens with two attached hydrogens (primary N) is 1. The largest absolute Gasteiger partial charge is 0.322 e. The number of hydrogen-bond donors (Lipinski definition) is 1. The molecule has 108 valence electrons.